The summed E-state index contributed by atoms with van der Waals surface area (Å²) < 4.78 is 5.90. The summed E-state index contributed by atoms with van der Waals surface area (Å²) in [5.74, 6) is -0.0968. The molecule has 2 rings (SSSR count). The largest absolute Gasteiger partial charge is 0.504 e. The normalized spacial score (nSPS) is 23.4. The molecule has 1 aromatic rings. The van der Waals surface area contributed by atoms with Gasteiger partial charge < -0.3 is 14.9 Å². The Hall–Kier alpha value is -1.22. The standard InChI is InChI=1S/C14H20O3/c1-3-4-6-14(2)11-9-13(16)12(15)8-10(11)5-7-17-14/h8-9,15-16H,3-7H2,1-2H3. The van der Waals surface area contributed by atoms with Crippen LogP contribution in [0, 0.1) is 0 Å². The van der Waals surface area contributed by atoms with E-state index in [1.807, 2.05) is 0 Å². The van der Waals surface area contributed by atoms with Crippen LogP contribution in [-0.2, 0) is 16.8 Å². The molecule has 0 spiro atoms. The smallest absolute Gasteiger partial charge is 0.157 e. The highest BCUT2D eigenvalue weighted by atomic mass is 16.5. The molecule has 1 aliphatic heterocycles. The fourth-order valence-electron chi connectivity index (χ4n) is 2.50. The number of benzene rings is 1. The van der Waals surface area contributed by atoms with Gasteiger partial charge in [-0.1, -0.05) is 19.8 Å². The van der Waals surface area contributed by atoms with Crippen molar-refractivity contribution in [2.75, 3.05) is 6.61 Å². The number of ether oxygens (including phenoxy) is 1. The first-order valence-electron chi connectivity index (χ1n) is 6.26. The highest BCUT2D eigenvalue weighted by Gasteiger charge is 2.33. The van der Waals surface area contributed by atoms with E-state index in [1.54, 1.807) is 12.1 Å². The second-order valence-corrected chi connectivity index (χ2v) is 4.93. The molecule has 3 nitrogen and oxygen atoms in total. The Bertz CT molecular complexity index is 414. The fourth-order valence-corrected chi connectivity index (χ4v) is 2.50. The number of unbranched alkanes of at least 4 members (excludes halogenated alkanes) is 1. The van der Waals surface area contributed by atoms with Crippen LogP contribution in [0.25, 0.3) is 0 Å². The lowest BCUT2D eigenvalue weighted by Gasteiger charge is -2.36. The zero-order chi connectivity index (χ0) is 12.5. The van der Waals surface area contributed by atoms with Crippen molar-refractivity contribution in [1.29, 1.82) is 0 Å². The van der Waals surface area contributed by atoms with E-state index >= 15 is 0 Å². The SMILES string of the molecule is CCCCC1(C)OCCc2cc(O)c(O)cc21. The van der Waals surface area contributed by atoms with Crippen LogP contribution in [0.3, 0.4) is 0 Å². The number of rotatable bonds is 3. The Morgan fingerprint density at radius 3 is 2.71 bits per heavy atom. The molecule has 0 radical (unpaired) electrons. The molecular formula is C14H20O3. The monoisotopic (exact) mass is 236 g/mol. The molecule has 0 aliphatic carbocycles. The van der Waals surface area contributed by atoms with Gasteiger partial charge in [-0.3, -0.25) is 0 Å². The molecule has 17 heavy (non-hydrogen) atoms. The van der Waals surface area contributed by atoms with E-state index < -0.39 is 0 Å². The van der Waals surface area contributed by atoms with Gasteiger partial charge in [-0.05, 0) is 43.0 Å². The van der Waals surface area contributed by atoms with E-state index in [0.717, 1.165) is 36.8 Å². The van der Waals surface area contributed by atoms with Crippen molar-refractivity contribution in [3.05, 3.63) is 23.3 Å². The van der Waals surface area contributed by atoms with Gasteiger partial charge in [0, 0.05) is 0 Å². The third kappa shape index (κ3) is 2.25. The third-order valence-corrected chi connectivity index (χ3v) is 3.57. The molecule has 94 valence electrons. The summed E-state index contributed by atoms with van der Waals surface area (Å²) in [6.45, 7) is 4.90. The average Bonchev–Trinajstić information content (AvgIpc) is 2.30. The zero-order valence-electron chi connectivity index (χ0n) is 10.5. The van der Waals surface area contributed by atoms with Gasteiger partial charge in [-0.15, -0.1) is 0 Å². The fraction of sp³-hybridized carbons (Fsp3) is 0.571. The first-order chi connectivity index (χ1) is 8.07. The maximum absolute atomic E-state index is 9.63. The number of fused-ring (bicyclic) bond motifs is 1. The minimum Gasteiger partial charge on any atom is -0.504 e. The van der Waals surface area contributed by atoms with Gasteiger partial charge in [0.1, 0.15) is 0 Å². The number of hydrogen-bond donors (Lipinski definition) is 2. The lowest BCUT2D eigenvalue weighted by molar-refractivity contribution is -0.0537. The molecule has 0 bridgehead atoms. The van der Waals surface area contributed by atoms with Gasteiger partial charge >= 0.3 is 0 Å². The number of phenolic OH excluding ortho intramolecular Hbond substituents is 2. The second kappa shape index (κ2) is 4.57. The van der Waals surface area contributed by atoms with Crippen LogP contribution in [0.1, 0.15) is 44.2 Å². The van der Waals surface area contributed by atoms with Crippen molar-refractivity contribution in [3.8, 4) is 11.5 Å². The molecule has 1 aliphatic rings. The van der Waals surface area contributed by atoms with E-state index in [2.05, 4.69) is 13.8 Å². The topological polar surface area (TPSA) is 49.7 Å². The van der Waals surface area contributed by atoms with Crippen LogP contribution in [0.5, 0.6) is 11.5 Å². The molecule has 0 fully saturated rings. The summed E-state index contributed by atoms with van der Waals surface area (Å²) in [5, 5.41) is 19.2. The quantitative estimate of drug-likeness (QED) is 0.793. The van der Waals surface area contributed by atoms with Crippen LogP contribution in [0.15, 0.2) is 12.1 Å². The van der Waals surface area contributed by atoms with Gasteiger partial charge in [0.2, 0.25) is 0 Å². The molecule has 2 N–H and O–H groups in total. The summed E-state index contributed by atoms with van der Waals surface area (Å²) in [4.78, 5) is 0. The Labute approximate surface area is 102 Å². The van der Waals surface area contributed by atoms with Crippen LogP contribution >= 0.6 is 0 Å². The summed E-state index contributed by atoms with van der Waals surface area (Å²) in [5.41, 5.74) is 1.78. The predicted octanol–water partition coefficient (Wildman–Crippen LogP) is 3.08. The van der Waals surface area contributed by atoms with E-state index in [9.17, 15) is 10.2 Å². The Morgan fingerprint density at radius 1 is 1.29 bits per heavy atom. The molecule has 0 saturated carbocycles. The van der Waals surface area contributed by atoms with Crippen molar-refractivity contribution >= 4 is 0 Å². The Balaban J connectivity index is 2.39. The lowest BCUT2D eigenvalue weighted by atomic mass is 9.84. The minimum atomic E-state index is -0.325. The molecule has 0 saturated heterocycles. The van der Waals surface area contributed by atoms with Crippen LogP contribution in [-0.4, -0.2) is 16.8 Å². The summed E-state index contributed by atoms with van der Waals surface area (Å²) in [6.07, 6.45) is 3.96. The highest BCUT2D eigenvalue weighted by Crippen LogP contribution is 2.41. The van der Waals surface area contributed by atoms with E-state index in [1.165, 1.54) is 0 Å². The van der Waals surface area contributed by atoms with E-state index in [-0.39, 0.29) is 17.1 Å². The summed E-state index contributed by atoms with van der Waals surface area (Å²) in [6, 6.07) is 3.32. The maximum atomic E-state index is 9.63. The Morgan fingerprint density at radius 2 is 2.00 bits per heavy atom. The van der Waals surface area contributed by atoms with Crippen LogP contribution < -0.4 is 0 Å². The molecule has 1 heterocycles. The van der Waals surface area contributed by atoms with Crippen molar-refractivity contribution in [2.24, 2.45) is 0 Å². The molecule has 0 amide bonds. The molecule has 0 aromatic heterocycles. The first kappa shape index (κ1) is 12.2. The number of aromatic hydroxyl groups is 2. The molecular weight excluding hydrogens is 216 g/mol. The zero-order valence-corrected chi connectivity index (χ0v) is 10.5. The molecule has 1 atom stereocenters. The predicted molar refractivity (Wildman–Crippen MR) is 66.3 cm³/mol. The van der Waals surface area contributed by atoms with Gasteiger partial charge in [0.25, 0.3) is 0 Å². The van der Waals surface area contributed by atoms with Crippen molar-refractivity contribution in [3.63, 3.8) is 0 Å². The van der Waals surface area contributed by atoms with E-state index in [0.29, 0.717) is 6.61 Å². The number of phenols is 2. The highest BCUT2D eigenvalue weighted by molar-refractivity contribution is 5.48. The Kier molecular flexibility index (Phi) is 3.29. The van der Waals surface area contributed by atoms with Crippen molar-refractivity contribution in [1.82, 2.24) is 0 Å². The van der Waals surface area contributed by atoms with Crippen molar-refractivity contribution < 1.29 is 14.9 Å². The van der Waals surface area contributed by atoms with Crippen LogP contribution in [0.4, 0.5) is 0 Å². The summed E-state index contributed by atoms with van der Waals surface area (Å²) >= 11 is 0. The average molecular weight is 236 g/mol. The van der Waals surface area contributed by atoms with E-state index in [4.69, 9.17) is 4.74 Å². The summed E-state index contributed by atoms with van der Waals surface area (Å²) in [7, 11) is 0. The molecule has 1 aromatic carbocycles. The third-order valence-electron chi connectivity index (χ3n) is 3.57. The number of hydrogen-bond acceptors (Lipinski definition) is 3. The van der Waals surface area contributed by atoms with Crippen molar-refractivity contribution in [2.45, 2.75) is 45.1 Å². The van der Waals surface area contributed by atoms with Gasteiger partial charge in [0.05, 0.1) is 12.2 Å². The van der Waals surface area contributed by atoms with Gasteiger partial charge in [0.15, 0.2) is 11.5 Å². The van der Waals surface area contributed by atoms with Gasteiger partial charge in [-0.2, -0.15) is 0 Å². The lowest BCUT2D eigenvalue weighted by Crippen LogP contribution is -2.32. The van der Waals surface area contributed by atoms with Gasteiger partial charge in [-0.25, -0.2) is 0 Å². The minimum absolute atomic E-state index is 0.0384. The molecule has 1 unspecified atom stereocenters. The second-order valence-electron chi connectivity index (χ2n) is 4.93. The maximum Gasteiger partial charge on any atom is 0.157 e. The van der Waals surface area contributed by atoms with Crippen LogP contribution in [0.2, 0.25) is 0 Å². The molecule has 3 heteroatoms. The first-order valence-corrected chi connectivity index (χ1v) is 6.26.